The van der Waals surface area contributed by atoms with E-state index in [0.717, 1.165) is 17.5 Å². The van der Waals surface area contributed by atoms with Crippen LogP contribution in [0, 0.1) is 17.5 Å². The lowest BCUT2D eigenvalue weighted by molar-refractivity contribution is 0.446. The van der Waals surface area contributed by atoms with Crippen molar-refractivity contribution in [2.24, 2.45) is 0 Å². The minimum Gasteiger partial charge on any atom is -0.212 e. The van der Waals surface area contributed by atoms with Crippen molar-refractivity contribution in [3.8, 4) is 0 Å². The fraction of sp³-hybridized carbons (Fsp3) is 0. The van der Waals surface area contributed by atoms with Crippen LogP contribution in [0.1, 0.15) is 5.56 Å². The predicted octanol–water partition coefficient (Wildman–Crippen LogP) is 1.47. The molecule has 0 radical (unpaired) electrons. The molecule has 0 aliphatic heterocycles. The van der Waals surface area contributed by atoms with Crippen LogP contribution in [0.25, 0.3) is 0 Å². The highest BCUT2D eigenvalue weighted by Crippen LogP contribution is 2.12. The van der Waals surface area contributed by atoms with Gasteiger partial charge in [-0.15, -0.1) is 0 Å². The van der Waals surface area contributed by atoms with Gasteiger partial charge in [0, 0.05) is 10.9 Å². The summed E-state index contributed by atoms with van der Waals surface area (Å²) in [6.07, 6.45) is 0. The maximum absolute atomic E-state index is 12.7. The molecule has 1 nitrogen and oxygen atoms in total. The van der Waals surface area contributed by atoms with Gasteiger partial charge in [0.05, 0.1) is 11.3 Å². The van der Waals surface area contributed by atoms with Crippen molar-refractivity contribution in [2.45, 2.75) is 0 Å². The first-order chi connectivity index (χ1) is 5.66. The molecule has 0 amide bonds. The average Bonchev–Trinajstić information content (AvgIpc) is 2.07. The first-order valence-electron chi connectivity index (χ1n) is 2.92. The Morgan fingerprint density at radius 1 is 1.17 bits per heavy atom. The van der Waals surface area contributed by atoms with Crippen molar-refractivity contribution < 1.29 is 17.4 Å². The Labute approximate surface area is 69.9 Å². The summed E-state index contributed by atoms with van der Waals surface area (Å²) in [5, 5.41) is 0.859. The standard InChI is InChI=1S/C7H3F3OS/c8-5-2-1-4(3-12-11)6(9)7(5)10/h1-3H. The monoisotopic (exact) mass is 192 g/mol. The Balaban J connectivity index is 3.35. The van der Waals surface area contributed by atoms with Gasteiger partial charge in [0.1, 0.15) is 0 Å². The Hall–Kier alpha value is -1.10. The quantitative estimate of drug-likeness (QED) is 0.486. The molecule has 1 aromatic carbocycles. The second kappa shape index (κ2) is 3.53. The molecule has 0 aliphatic rings. The van der Waals surface area contributed by atoms with Crippen molar-refractivity contribution >= 4 is 16.6 Å². The van der Waals surface area contributed by atoms with E-state index in [-0.39, 0.29) is 16.8 Å². The molecule has 0 aliphatic carbocycles. The highest BCUT2D eigenvalue weighted by atomic mass is 32.1. The Morgan fingerprint density at radius 3 is 2.42 bits per heavy atom. The topological polar surface area (TPSA) is 17.1 Å². The predicted molar refractivity (Wildman–Crippen MR) is 39.6 cm³/mol. The third-order valence-corrected chi connectivity index (χ3v) is 1.59. The zero-order valence-electron chi connectivity index (χ0n) is 5.68. The van der Waals surface area contributed by atoms with Gasteiger partial charge in [-0.25, -0.2) is 17.4 Å². The normalized spacial score (nSPS) is 9.58. The largest absolute Gasteiger partial charge is 0.212 e. The van der Waals surface area contributed by atoms with Crippen LogP contribution in [0.2, 0.25) is 0 Å². The van der Waals surface area contributed by atoms with E-state index < -0.39 is 17.5 Å². The van der Waals surface area contributed by atoms with Crippen LogP contribution >= 0.6 is 0 Å². The van der Waals surface area contributed by atoms with Crippen LogP contribution in [-0.4, -0.2) is 9.58 Å². The molecule has 0 heterocycles. The highest BCUT2D eigenvalue weighted by molar-refractivity contribution is 7.65. The number of rotatable bonds is 1. The summed E-state index contributed by atoms with van der Waals surface area (Å²) in [4.78, 5) is 0. The van der Waals surface area contributed by atoms with E-state index in [0.29, 0.717) is 0 Å². The summed E-state index contributed by atoms with van der Waals surface area (Å²) in [5.41, 5.74) is -0.242. The molecule has 1 rings (SSSR count). The number of hydrogen-bond acceptors (Lipinski definition) is 1. The number of halogens is 3. The minimum atomic E-state index is -1.56. The molecule has 1 aromatic rings. The summed E-state index contributed by atoms with van der Waals surface area (Å²) in [6, 6.07) is 1.76. The summed E-state index contributed by atoms with van der Waals surface area (Å²) in [5.74, 6) is -4.16. The molecule has 0 N–H and O–H groups in total. The van der Waals surface area contributed by atoms with Crippen LogP contribution in [0.4, 0.5) is 13.2 Å². The Bertz CT molecular complexity index is 358. The van der Waals surface area contributed by atoms with Gasteiger partial charge in [-0.05, 0) is 12.1 Å². The van der Waals surface area contributed by atoms with E-state index in [9.17, 15) is 17.4 Å². The second-order valence-corrected chi connectivity index (χ2v) is 2.41. The smallest absolute Gasteiger partial charge is 0.195 e. The van der Waals surface area contributed by atoms with E-state index in [4.69, 9.17) is 0 Å². The second-order valence-electron chi connectivity index (χ2n) is 1.98. The zero-order chi connectivity index (χ0) is 9.14. The van der Waals surface area contributed by atoms with Crippen molar-refractivity contribution in [3.05, 3.63) is 35.1 Å². The lowest BCUT2D eigenvalue weighted by atomic mass is 10.2. The minimum absolute atomic E-state index is 0.0207. The van der Waals surface area contributed by atoms with Gasteiger partial charge < -0.3 is 0 Å². The van der Waals surface area contributed by atoms with Crippen LogP contribution in [0.3, 0.4) is 0 Å². The molecule has 0 unspecified atom stereocenters. The molecule has 5 heteroatoms. The maximum atomic E-state index is 12.7. The Kier molecular flexibility index (Phi) is 2.65. The summed E-state index contributed by atoms with van der Waals surface area (Å²) < 4.78 is 47.3. The lowest BCUT2D eigenvalue weighted by Crippen LogP contribution is -1.95. The zero-order valence-corrected chi connectivity index (χ0v) is 6.50. The van der Waals surface area contributed by atoms with Gasteiger partial charge in [0.25, 0.3) is 0 Å². The molecule has 0 aromatic heterocycles. The van der Waals surface area contributed by atoms with E-state index >= 15 is 0 Å². The molecular formula is C7H3F3OS. The third-order valence-electron chi connectivity index (χ3n) is 1.24. The van der Waals surface area contributed by atoms with Gasteiger partial charge in [0.15, 0.2) is 17.5 Å². The molecule has 0 saturated carbocycles. The van der Waals surface area contributed by atoms with E-state index in [1.54, 1.807) is 0 Å². The summed E-state index contributed by atoms with van der Waals surface area (Å²) in [7, 11) is 0. The molecule has 0 atom stereocenters. The van der Waals surface area contributed by atoms with Crippen molar-refractivity contribution in [2.75, 3.05) is 0 Å². The molecule has 0 bridgehead atoms. The molecule has 64 valence electrons. The summed E-state index contributed by atoms with van der Waals surface area (Å²) in [6.45, 7) is 0. The molecule has 12 heavy (non-hydrogen) atoms. The fourth-order valence-corrected chi connectivity index (χ4v) is 0.969. The average molecular weight is 192 g/mol. The molecule has 0 saturated heterocycles. The van der Waals surface area contributed by atoms with Crippen molar-refractivity contribution in [1.82, 2.24) is 0 Å². The van der Waals surface area contributed by atoms with Gasteiger partial charge in [-0.1, -0.05) is 0 Å². The lowest BCUT2D eigenvalue weighted by Gasteiger charge is -1.96. The van der Waals surface area contributed by atoms with Gasteiger partial charge >= 0.3 is 0 Å². The van der Waals surface area contributed by atoms with Crippen molar-refractivity contribution in [3.63, 3.8) is 0 Å². The third kappa shape index (κ3) is 1.55. The molecular weight excluding hydrogens is 189 g/mol. The van der Waals surface area contributed by atoms with Gasteiger partial charge in [0.2, 0.25) is 0 Å². The van der Waals surface area contributed by atoms with E-state index in [1.165, 1.54) is 0 Å². The van der Waals surface area contributed by atoms with Crippen LogP contribution < -0.4 is 0 Å². The maximum Gasteiger partial charge on any atom is 0.195 e. The van der Waals surface area contributed by atoms with Crippen LogP contribution in [0.15, 0.2) is 12.1 Å². The van der Waals surface area contributed by atoms with Gasteiger partial charge in [-0.3, -0.25) is 0 Å². The van der Waals surface area contributed by atoms with E-state index in [1.807, 2.05) is 0 Å². The first-order valence-corrected chi connectivity index (χ1v) is 3.72. The number of hydrogen-bond donors (Lipinski definition) is 0. The van der Waals surface area contributed by atoms with Crippen LogP contribution in [0.5, 0.6) is 0 Å². The van der Waals surface area contributed by atoms with Gasteiger partial charge in [-0.2, -0.15) is 0 Å². The first kappa shape index (κ1) is 8.99. The van der Waals surface area contributed by atoms with Crippen molar-refractivity contribution in [1.29, 1.82) is 0 Å². The fourth-order valence-electron chi connectivity index (χ4n) is 0.684. The van der Waals surface area contributed by atoms with E-state index in [2.05, 4.69) is 0 Å². The molecule has 0 fully saturated rings. The van der Waals surface area contributed by atoms with Crippen LogP contribution in [-0.2, 0) is 11.3 Å². The number of benzene rings is 1. The highest BCUT2D eigenvalue weighted by Gasteiger charge is 2.11. The SMILES string of the molecule is O=S=Cc1ccc(F)c(F)c1F. The Morgan fingerprint density at radius 2 is 1.83 bits per heavy atom. The summed E-state index contributed by atoms with van der Waals surface area (Å²) >= 11 is -0.0207. The molecule has 0 spiro atoms.